The quantitative estimate of drug-likeness (QED) is 0.457. The minimum atomic E-state index is -0.551. The Kier molecular flexibility index (Phi) is 5.47. The number of carbonyl (C=O) groups is 1. The molecule has 0 saturated heterocycles. The maximum Gasteiger partial charge on any atom is 0.275 e. The number of halogens is 1. The lowest BCUT2D eigenvalue weighted by molar-refractivity contribution is 0.0952. The zero-order valence-electron chi connectivity index (χ0n) is 14.4. The van der Waals surface area contributed by atoms with E-state index in [2.05, 4.69) is 10.5 Å². The second kappa shape index (κ2) is 7.97. The van der Waals surface area contributed by atoms with Crippen LogP contribution in [-0.4, -0.2) is 28.9 Å². The molecule has 0 spiro atoms. The van der Waals surface area contributed by atoms with Crippen molar-refractivity contribution >= 4 is 34.5 Å². The number of hydrogen-bond acceptors (Lipinski definition) is 5. The maximum atomic E-state index is 12.3. The second-order valence-corrected chi connectivity index (χ2v) is 6.11. The lowest BCUT2D eigenvalue weighted by Crippen LogP contribution is -2.17. The molecule has 7 heteroatoms. The predicted molar refractivity (Wildman–Crippen MR) is 105 cm³/mol. The number of hydrogen-bond donors (Lipinski definition) is 3. The molecule has 0 radical (unpaired) electrons. The summed E-state index contributed by atoms with van der Waals surface area (Å²) in [6.45, 7) is 2.15. The molecule has 3 N–H and O–H groups in total. The van der Waals surface area contributed by atoms with Gasteiger partial charge in [-0.05, 0) is 47.5 Å². The van der Waals surface area contributed by atoms with Crippen LogP contribution in [0.25, 0.3) is 10.8 Å². The molecule has 0 bridgehead atoms. The van der Waals surface area contributed by atoms with Gasteiger partial charge in [0.05, 0.1) is 23.4 Å². The zero-order valence-corrected chi connectivity index (χ0v) is 15.2. The number of ether oxygens (including phenoxy) is 1. The summed E-state index contributed by atoms with van der Waals surface area (Å²) in [5.41, 5.74) is 3.01. The van der Waals surface area contributed by atoms with E-state index in [1.807, 2.05) is 24.3 Å². The first-order valence-electron chi connectivity index (χ1n) is 8.20. The number of benzene rings is 3. The molecule has 0 aliphatic rings. The van der Waals surface area contributed by atoms with E-state index in [-0.39, 0.29) is 27.8 Å². The van der Waals surface area contributed by atoms with E-state index >= 15 is 0 Å². The van der Waals surface area contributed by atoms with Crippen LogP contribution < -0.4 is 10.2 Å². The smallest absolute Gasteiger partial charge is 0.275 e. The molecule has 0 fully saturated rings. The summed E-state index contributed by atoms with van der Waals surface area (Å²) in [5.74, 6) is -0.608. The molecule has 3 aromatic rings. The van der Waals surface area contributed by atoms with Gasteiger partial charge in [0.2, 0.25) is 0 Å². The van der Waals surface area contributed by atoms with Gasteiger partial charge in [-0.3, -0.25) is 4.79 Å². The summed E-state index contributed by atoms with van der Waals surface area (Å²) in [4.78, 5) is 12.3. The average Bonchev–Trinajstić information content (AvgIpc) is 2.65. The molecular weight excluding hydrogens is 368 g/mol. The van der Waals surface area contributed by atoms with Crippen LogP contribution in [0.15, 0.2) is 53.6 Å². The minimum absolute atomic E-state index is 0.112. The third kappa shape index (κ3) is 4.12. The molecule has 6 nitrogen and oxygen atoms in total. The van der Waals surface area contributed by atoms with Crippen LogP contribution in [0.2, 0.25) is 5.02 Å². The fourth-order valence-corrected chi connectivity index (χ4v) is 2.79. The number of nitrogens with zero attached hydrogens (tertiary/aromatic N) is 1. The Labute approximate surface area is 160 Å². The molecule has 0 unspecified atom stereocenters. The van der Waals surface area contributed by atoms with Crippen LogP contribution in [-0.2, 0) is 0 Å². The van der Waals surface area contributed by atoms with Crippen molar-refractivity contribution in [1.29, 1.82) is 0 Å². The molecule has 27 heavy (non-hydrogen) atoms. The number of hydrazone groups is 1. The first-order valence-corrected chi connectivity index (χ1v) is 8.58. The number of nitrogens with one attached hydrogen (secondary N) is 1. The fourth-order valence-electron chi connectivity index (χ4n) is 2.57. The van der Waals surface area contributed by atoms with Crippen LogP contribution in [0.3, 0.4) is 0 Å². The van der Waals surface area contributed by atoms with E-state index in [9.17, 15) is 15.0 Å². The van der Waals surface area contributed by atoms with Crippen molar-refractivity contribution in [2.45, 2.75) is 6.92 Å². The second-order valence-electron chi connectivity index (χ2n) is 5.70. The van der Waals surface area contributed by atoms with Gasteiger partial charge >= 0.3 is 0 Å². The van der Waals surface area contributed by atoms with Crippen LogP contribution in [0.4, 0.5) is 0 Å². The summed E-state index contributed by atoms with van der Waals surface area (Å²) >= 11 is 5.96. The molecule has 138 valence electrons. The Morgan fingerprint density at radius 2 is 1.89 bits per heavy atom. The van der Waals surface area contributed by atoms with Gasteiger partial charge in [-0.2, -0.15) is 5.10 Å². The third-order valence-electron chi connectivity index (χ3n) is 3.84. The average molecular weight is 385 g/mol. The van der Waals surface area contributed by atoms with Crippen molar-refractivity contribution < 1.29 is 19.7 Å². The van der Waals surface area contributed by atoms with Crippen LogP contribution in [0, 0.1) is 0 Å². The number of rotatable bonds is 5. The van der Waals surface area contributed by atoms with Crippen molar-refractivity contribution in [2.24, 2.45) is 5.10 Å². The number of amides is 1. The predicted octanol–water partition coefficient (Wildman–Crippen LogP) is 4.07. The number of phenols is 2. The molecule has 0 aliphatic carbocycles. The molecule has 0 atom stereocenters. The number of phenolic OH excluding ortho intramolecular Hbond substituents is 2. The molecule has 0 aromatic heterocycles. The fraction of sp³-hybridized carbons (Fsp3) is 0.100. The largest absolute Gasteiger partial charge is 0.507 e. The van der Waals surface area contributed by atoms with Crippen LogP contribution in [0.1, 0.15) is 22.8 Å². The highest BCUT2D eigenvalue weighted by atomic mass is 35.5. The molecule has 0 aliphatic heterocycles. The van der Waals surface area contributed by atoms with E-state index in [4.69, 9.17) is 16.3 Å². The topological polar surface area (TPSA) is 91.2 Å². The van der Waals surface area contributed by atoms with E-state index in [0.29, 0.717) is 12.2 Å². The lowest BCUT2D eigenvalue weighted by atomic mass is 10.1. The van der Waals surface area contributed by atoms with Gasteiger partial charge in [-0.1, -0.05) is 35.9 Å². The molecule has 3 rings (SSSR count). The third-order valence-corrected chi connectivity index (χ3v) is 4.13. The Balaban J connectivity index is 1.79. The van der Waals surface area contributed by atoms with E-state index in [1.54, 1.807) is 19.1 Å². The number of carbonyl (C=O) groups excluding carboxylic acids is 1. The minimum Gasteiger partial charge on any atom is -0.507 e. The van der Waals surface area contributed by atoms with E-state index < -0.39 is 5.91 Å². The number of aromatic hydroxyl groups is 2. The van der Waals surface area contributed by atoms with Gasteiger partial charge < -0.3 is 14.9 Å². The Morgan fingerprint density at radius 1 is 1.19 bits per heavy atom. The van der Waals surface area contributed by atoms with Crippen molar-refractivity contribution in [1.82, 2.24) is 5.43 Å². The Bertz CT molecular complexity index is 1030. The van der Waals surface area contributed by atoms with Crippen LogP contribution in [0.5, 0.6) is 17.2 Å². The van der Waals surface area contributed by atoms with Crippen molar-refractivity contribution in [3.05, 3.63) is 64.7 Å². The highest BCUT2D eigenvalue weighted by Crippen LogP contribution is 2.34. The first kappa shape index (κ1) is 18.5. The molecule has 1 amide bonds. The maximum absolute atomic E-state index is 12.3. The van der Waals surface area contributed by atoms with Crippen LogP contribution >= 0.6 is 11.6 Å². The van der Waals surface area contributed by atoms with Gasteiger partial charge in [-0.15, -0.1) is 0 Å². The summed E-state index contributed by atoms with van der Waals surface area (Å²) in [5, 5.41) is 25.6. The highest BCUT2D eigenvalue weighted by molar-refractivity contribution is 6.32. The molecule has 3 aromatic carbocycles. The molecule has 0 saturated carbocycles. The van der Waals surface area contributed by atoms with E-state index in [1.165, 1.54) is 18.3 Å². The summed E-state index contributed by atoms with van der Waals surface area (Å²) in [6.07, 6.45) is 1.36. The normalized spacial score (nSPS) is 11.0. The summed E-state index contributed by atoms with van der Waals surface area (Å²) in [6, 6.07) is 13.6. The van der Waals surface area contributed by atoms with E-state index in [0.717, 1.165) is 10.8 Å². The van der Waals surface area contributed by atoms with Crippen molar-refractivity contribution in [2.75, 3.05) is 6.61 Å². The first-order chi connectivity index (χ1) is 13.0. The monoisotopic (exact) mass is 384 g/mol. The van der Waals surface area contributed by atoms with Crippen molar-refractivity contribution in [3.63, 3.8) is 0 Å². The summed E-state index contributed by atoms with van der Waals surface area (Å²) < 4.78 is 5.29. The standard InChI is InChI=1S/C20H17ClN2O4/c1-2-27-18-8-12(7-16(21)19(18)25)11-22-23-20(26)15-9-13-5-3-4-6-14(13)10-17(15)24/h3-11,24-25H,2H2,1H3,(H,23,26)/b22-11-. The SMILES string of the molecule is CCOc1cc(/C=N\NC(=O)c2cc3ccccc3cc2O)cc(Cl)c1O. The summed E-state index contributed by atoms with van der Waals surface area (Å²) in [7, 11) is 0. The van der Waals surface area contributed by atoms with Gasteiger partial charge in [0, 0.05) is 0 Å². The zero-order chi connectivity index (χ0) is 19.4. The Hall–Kier alpha value is -3.25. The van der Waals surface area contributed by atoms with Gasteiger partial charge in [-0.25, -0.2) is 5.43 Å². The molecular formula is C20H17ClN2O4. The van der Waals surface area contributed by atoms with Gasteiger partial charge in [0.1, 0.15) is 5.75 Å². The number of fused-ring (bicyclic) bond motifs is 1. The molecule has 0 heterocycles. The van der Waals surface area contributed by atoms with Gasteiger partial charge in [0.25, 0.3) is 5.91 Å². The van der Waals surface area contributed by atoms with Crippen molar-refractivity contribution in [3.8, 4) is 17.2 Å². The highest BCUT2D eigenvalue weighted by Gasteiger charge is 2.12. The lowest BCUT2D eigenvalue weighted by Gasteiger charge is -2.08. The van der Waals surface area contributed by atoms with Gasteiger partial charge in [0.15, 0.2) is 11.5 Å². The Morgan fingerprint density at radius 3 is 2.59 bits per heavy atom.